The van der Waals surface area contributed by atoms with E-state index in [0.29, 0.717) is 0 Å². The maximum absolute atomic E-state index is 11.9. The zero-order valence-corrected chi connectivity index (χ0v) is 9.95. The molecular weight excluding hydrogens is 208 g/mol. The normalized spacial score (nSPS) is 28.9. The summed E-state index contributed by atoms with van der Waals surface area (Å²) < 4.78 is 5.29. The molecule has 1 saturated carbocycles. The maximum atomic E-state index is 11.9. The van der Waals surface area contributed by atoms with Gasteiger partial charge in [0.05, 0.1) is 6.04 Å². The van der Waals surface area contributed by atoms with Crippen molar-refractivity contribution in [3.63, 3.8) is 0 Å². The Bertz CT molecular complexity index is 322. The van der Waals surface area contributed by atoms with Crippen molar-refractivity contribution in [3.05, 3.63) is 0 Å². The molecule has 1 aliphatic heterocycles. The summed E-state index contributed by atoms with van der Waals surface area (Å²) in [4.78, 5) is 24.8. The third-order valence-corrected chi connectivity index (χ3v) is 2.93. The van der Waals surface area contributed by atoms with Crippen LogP contribution in [0.1, 0.15) is 33.6 Å². The van der Waals surface area contributed by atoms with E-state index in [-0.39, 0.29) is 30.6 Å². The molecule has 1 N–H and O–H groups in total. The Balaban J connectivity index is 2.02. The van der Waals surface area contributed by atoms with E-state index in [1.165, 1.54) is 0 Å². The van der Waals surface area contributed by atoms with Crippen molar-refractivity contribution >= 4 is 12.0 Å². The van der Waals surface area contributed by atoms with Crippen LogP contribution in [0.25, 0.3) is 0 Å². The molecule has 1 heterocycles. The van der Waals surface area contributed by atoms with Crippen LogP contribution in [0.5, 0.6) is 0 Å². The fraction of sp³-hybridized carbons (Fsp3) is 0.818. The Kier molecular flexibility index (Phi) is 2.56. The van der Waals surface area contributed by atoms with Gasteiger partial charge in [-0.05, 0) is 33.6 Å². The average molecular weight is 226 g/mol. The Morgan fingerprint density at radius 3 is 2.62 bits per heavy atom. The van der Waals surface area contributed by atoms with E-state index in [1.54, 1.807) is 4.90 Å². The van der Waals surface area contributed by atoms with Crippen LogP contribution in [0.4, 0.5) is 4.79 Å². The summed E-state index contributed by atoms with van der Waals surface area (Å²) in [6, 6.07) is 0.265. The van der Waals surface area contributed by atoms with Gasteiger partial charge >= 0.3 is 6.09 Å². The average Bonchev–Trinajstić information content (AvgIpc) is 2.07. The zero-order valence-electron chi connectivity index (χ0n) is 9.95. The van der Waals surface area contributed by atoms with Crippen molar-refractivity contribution in [2.75, 3.05) is 6.54 Å². The van der Waals surface area contributed by atoms with E-state index in [2.05, 4.69) is 5.32 Å². The van der Waals surface area contributed by atoms with Crippen LogP contribution in [0.15, 0.2) is 0 Å². The number of carbonyl (C=O) groups excluding carboxylic acids is 2. The van der Waals surface area contributed by atoms with Gasteiger partial charge in [-0.15, -0.1) is 0 Å². The molecule has 2 rings (SSSR count). The van der Waals surface area contributed by atoms with Crippen molar-refractivity contribution in [1.29, 1.82) is 0 Å². The second-order valence-corrected chi connectivity index (χ2v) is 5.43. The van der Waals surface area contributed by atoms with Gasteiger partial charge in [0, 0.05) is 6.04 Å². The summed E-state index contributed by atoms with van der Waals surface area (Å²) in [6.45, 7) is 5.60. The Morgan fingerprint density at radius 1 is 1.44 bits per heavy atom. The van der Waals surface area contributed by atoms with Crippen LogP contribution in [-0.4, -0.2) is 41.1 Å². The number of amides is 2. The third-order valence-electron chi connectivity index (χ3n) is 2.93. The van der Waals surface area contributed by atoms with E-state index in [1.807, 2.05) is 20.8 Å². The van der Waals surface area contributed by atoms with Crippen LogP contribution >= 0.6 is 0 Å². The second-order valence-electron chi connectivity index (χ2n) is 5.43. The topological polar surface area (TPSA) is 58.6 Å². The summed E-state index contributed by atoms with van der Waals surface area (Å²) in [5, 5.41) is 2.88. The minimum absolute atomic E-state index is 0.0909. The molecule has 2 aliphatic rings. The monoisotopic (exact) mass is 226 g/mol. The molecule has 2 unspecified atom stereocenters. The first-order valence-corrected chi connectivity index (χ1v) is 5.66. The van der Waals surface area contributed by atoms with Gasteiger partial charge in [-0.3, -0.25) is 9.69 Å². The van der Waals surface area contributed by atoms with Gasteiger partial charge in [0.25, 0.3) is 0 Å². The van der Waals surface area contributed by atoms with Gasteiger partial charge in [-0.2, -0.15) is 0 Å². The Hall–Kier alpha value is -1.26. The van der Waals surface area contributed by atoms with Crippen LogP contribution in [-0.2, 0) is 9.53 Å². The van der Waals surface area contributed by atoms with Crippen molar-refractivity contribution in [3.8, 4) is 0 Å². The number of ether oxygens (including phenoxy) is 1. The highest BCUT2D eigenvalue weighted by Crippen LogP contribution is 2.29. The van der Waals surface area contributed by atoms with Gasteiger partial charge in [0.1, 0.15) is 12.1 Å². The highest BCUT2D eigenvalue weighted by Gasteiger charge is 2.44. The molecule has 2 fully saturated rings. The molecule has 2 amide bonds. The molecular formula is C11H18N2O3. The quantitative estimate of drug-likeness (QED) is 0.667. The Labute approximate surface area is 95.1 Å². The van der Waals surface area contributed by atoms with Gasteiger partial charge in [-0.1, -0.05) is 0 Å². The molecule has 2 atom stereocenters. The number of fused-ring (bicyclic) bond motifs is 1. The molecule has 1 aliphatic carbocycles. The number of piperazine rings is 1. The van der Waals surface area contributed by atoms with E-state index in [0.717, 1.165) is 12.8 Å². The van der Waals surface area contributed by atoms with Gasteiger partial charge in [0.15, 0.2) is 0 Å². The lowest BCUT2D eigenvalue weighted by atomic mass is 9.83. The highest BCUT2D eigenvalue weighted by molar-refractivity contribution is 5.84. The minimum Gasteiger partial charge on any atom is -0.444 e. The first kappa shape index (κ1) is 11.2. The number of hydrogen-bond donors (Lipinski definition) is 1. The lowest BCUT2D eigenvalue weighted by Gasteiger charge is -2.47. The van der Waals surface area contributed by atoms with Crippen molar-refractivity contribution in [2.24, 2.45) is 0 Å². The number of nitrogens with zero attached hydrogens (tertiary/aromatic N) is 1. The van der Waals surface area contributed by atoms with Crippen molar-refractivity contribution < 1.29 is 14.3 Å². The maximum Gasteiger partial charge on any atom is 0.411 e. The number of rotatable bonds is 0. The van der Waals surface area contributed by atoms with Crippen LogP contribution in [0.2, 0.25) is 0 Å². The predicted octanol–water partition coefficient (Wildman–Crippen LogP) is 0.884. The van der Waals surface area contributed by atoms with E-state index in [4.69, 9.17) is 4.74 Å². The lowest BCUT2D eigenvalue weighted by molar-refractivity contribution is -0.130. The van der Waals surface area contributed by atoms with Crippen LogP contribution in [0, 0.1) is 0 Å². The first-order chi connectivity index (χ1) is 7.37. The summed E-state index contributed by atoms with van der Waals surface area (Å²) >= 11 is 0. The lowest BCUT2D eigenvalue weighted by Crippen LogP contribution is -2.67. The second kappa shape index (κ2) is 3.64. The van der Waals surface area contributed by atoms with E-state index >= 15 is 0 Å². The Morgan fingerprint density at radius 2 is 2.12 bits per heavy atom. The molecule has 0 radical (unpaired) electrons. The molecule has 0 aromatic rings. The van der Waals surface area contributed by atoms with Crippen LogP contribution < -0.4 is 5.32 Å². The summed E-state index contributed by atoms with van der Waals surface area (Å²) in [5.41, 5.74) is -0.510. The molecule has 5 nitrogen and oxygen atoms in total. The largest absolute Gasteiger partial charge is 0.444 e. The number of hydrogen-bond acceptors (Lipinski definition) is 3. The molecule has 0 aromatic carbocycles. The molecule has 0 spiro atoms. The van der Waals surface area contributed by atoms with Gasteiger partial charge in [0.2, 0.25) is 5.91 Å². The van der Waals surface area contributed by atoms with E-state index < -0.39 is 5.60 Å². The van der Waals surface area contributed by atoms with Crippen molar-refractivity contribution in [2.45, 2.75) is 51.3 Å². The summed E-state index contributed by atoms with van der Waals surface area (Å²) in [6.07, 6.45) is 1.52. The fourth-order valence-corrected chi connectivity index (χ4v) is 2.07. The summed E-state index contributed by atoms with van der Waals surface area (Å²) in [5.74, 6) is -0.0909. The van der Waals surface area contributed by atoms with Crippen molar-refractivity contribution in [1.82, 2.24) is 10.2 Å². The van der Waals surface area contributed by atoms with Crippen LogP contribution in [0.3, 0.4) is 0 Å². The molecule has 90 valence electrons. The fourth-order valence-electron chi connectivity index (χ4n) is 2.07. The smallest absolute Gasteiger partial charge is 0.411 e. The van der Waals surface area contributed by atoms with Gasteiger partial charge in [-0.25, -0.2) is 4.79 Å². The number of nitrogens with one attached hydrogen (secondary N) is 1. The SMILES string of the molecule is CC(C)(C)OC(=O)N1CC(=O)NC2CCC21. The highest BCUT2D eigenvalue weighted by atomic mass is 16.6. The molecule has 16 heavy (non-hydrogen) atoms. The number of carbonyl (C=O) groups is 2. The van der Waals surface area contributed by atoms with Gasteiger partial charge < -0.3 is 10.1 Å². The standard InChI is InChI=1S/C11H18N2O3/c1-11(2,3)16-10(15)13-6-9(14)12-7-4-5-8(7)13/h7-8H,4-6H2,1-3H3,(H,12,14). The first-order valence-electron chi connectivity index (χ1n) is 5.66. The predicted molar refractivity (Wildman–Crippen MR) is 57.9 cm³/mol. The zero-order chi connectivity index (χ0) is 11.9. The summed E-state index contributed by atoms with van der Waals surface area (Å²) in [7, 11) is 0. The third kappa shape index (κ3) is 2.13. The molecule has 5 heteroatoms. The molecule has 0 bridgehead atoms. The van der Waals surface area contributed by atoms with E-state index in [9.17, 15) is 9.59 Å². The molecule has 0 aromatic heterocycles. The minimum atomic E-state index is -0.510. The molecule has 1 saturated heterocycles.